The van der Waals surface area contributed by atoms with Crippen LogP contribution in [0, 0.1) is 0 Å². The first-order valence-corrected chi connectivity index (χ1v) is 6.93. The van der Waals surface area contributed by atoms with E-state index in [-0.39, 0.29) is 6.04 Å². The van der Waals surface area contributed by atoms with Crippen LogP contribution in [0.4, 0.5) is 11.4 Å². The number of nitrogens with zero attached hydrogens (tertiary/aromatic N) is 2. The monoisotopic (exact) mass is 281 g/mol. The fraction of sp³-hybridized carbons (Fsp3) is 0.500. The molecule has 0 aromatic heterocycles. The van der Waals surface area contributed by atoms with Gasteiger partial charge >= 0.3 is 0 Å². The lowest BCUT2D eigenvalue weighted by atomic mass is 10.0. The Morgan fingerprint density at radius 1 is 1.42 bits per heavy atom. The molecule has 1 saturated heterocycles. The summed E-state index contributed by atoms with van der Waals surface area (Å²) in [5.41, 5.74) is 1.79. The number of nitrogens with one attached hydrogen (secondary N) is 1. The van der Waals surface area contributed by atoms with Crippen molar-refractivity contribution in [1.29, 1.82) is 0 Å². The van der Waals surface area contributed by atoms with Crippen LogP contribution in [0.3, 0.4) is 0 Å². The summed E-state index contributed by atoms with van der Waals surface area (Å²) in [7, 11) is 3.95. The molecule has 1 aliphatic rings. The Kier molecular flexibility index (Phi) is 4.66. The Hall–Kier alpha value is -1.26. The molecule has 1 fully saturated rings. The number of piperidine rings is 1. The second-order valence-corrected chi connectivity index (χ2v) is 5.40. The van der Waals surface area contributed by atoms with Gasteiger partial charge in [0.25, 0.3) is 0 Å². The van der Waals surface area contributed by atoms with E-state index in [1.54, 1.807) is 0 Å². The Balaban J connectivity index is 2.24. The number of carbonyl (C=O) groups is 1. The molecular weight excluding hydrogens is 262 g/mol. The van der Waals surface area contributed by atoms with Crippen molar-refractivity contribution in [2.45, 2.75) is 18.9 Å². The molecule has 1 aromatic rings. The quantitative estimate of drug-likeness (QED) is 0.861. The minimum absolute atomic E-state index is 0.266. The van der Waals surface area contributed by atoms with Crippen molar-refractivity contribution in [2.75, 3.05) is 37.4 Å². The number of hydrogen-bond acceptors (Lipinski definition) is 3. The van der Waals surface area contributed by atoms with Crippen molar-refractivity contribution in [2.24, 2.45) is 0 Å². The van der Waals surface area contributed by atoms with Crippen LogP contribution < -0.4 is 10.2 Å². The third kappa shape index (κ3) is 3.19. The van der Waals surface area contributed by atoms with Crippen LogP contribution in [0.2, 0.25) is 5.02 Å². The third-order valence-corrected chi connectivity index (χ3v) is 3.94. The van der Waals surface area contributed by atoms with Crippen molar-refractivity contribution in [3.05, 3.63) is 23.2 Å². The first kappa shape index (κ1) is 14.2. The van der Waals surface area contributed by atoms with Crippen LogP contribution in [0.1, 0.15) is 12.8 Å². The fourth-order valence-electron chi connectivity index (χ4n) is 2.55. The van der Waals surface area contributed by atoms with Crippen LogP contribution in [-0.4, -0.2) is 44.5 Å². The minimum Gasteiger partial charge on any atom is -0.386 e. The Labute approximate surface area is 119 Å². The highest BCUT2D eigenvalue weighted by atomic mass is 35.5. The molecule has 4 nitrogen and oxygen atoms in total. The van der Waals surface area contributed by atoms with Crippen molar-refractivity contribution in [1.82, 2.24) is 4.90 Å². The van der Waals surface area contributed by atoms with Gasteiger partial charge in [-0.25, -0.2) is 0 Å². The smallest absolute Gasteiger partial charge is 0.214 e. The number of halogens is 1. The summed E-state index contributed by atoms with van der Waals surface area (Å²) in [6, 6.07) is 5.84. The van der Waals surface area contributed by atoms with E-state index in [0.717, 1.165) is 43.7 Å². The second-order valence-electron chi connectivity index (χ2n) is 4.96. The number of rotatable bonds is 4. The maximum atomic E-state index is 11.5. The van der Waals surface area contributed by atoms with Crippen LogP contribution in [0.25, 0.3) is 0 Å². The molecule has 0 bridgehead atoms. The molecule has 104 valence electrons. The summed E-state index contributed by atoms with van der Waals surface area (Å²) in [5, 5.41) is 3.77. The molecule has 1 heterocycles. The van der Waals surface area contributed by atoms with Crippen LogP contribution in [0.5, 0.6) is 0 Å². The highest BCUT2D eigenvalue weighted by Gasteiger charge is 2.24. The Morgan fingerprint density at radius 3 is 2.68 bits per heavy atom. The topological polar surface area (TPSA) is 35.6 Å². The predicted molar refractivity (Wildman–Crippen MR) is 80.1 cm³/mol. The molecule has 1 aliphatic heterocycles. The van der Waals surface area contributed by atoms with Crippen LogP contribution in [0.15, 0.2) is 18.2 Å². The van der Waals surface area contributed by atoms with Gasteiger partial charge in [0.05, 0.1) is 11.4 Å². The van der Waals surface area contributed by atoms with Crippen LogP contribution in [-0.2, 0) is 4.79 Å². The van der Waals surface area contributed by atoms with Gasteiger partial charge in [0.2, 0.25) is 6.41 Å². The van der Waals surface area contributed by atoms with E-state index in [0.29, 0.717) is 5.02 Å². The summed E-state index contributed by atoms with van der Waals surface area (Å²) in [6.45, 7) is 2.05. The standard InChI is InChI=1S/C14H20ClN3O/c1-16-13-9-11(15)3-4-14(13)18(10-19)12-5-7-17(2)8-6-12/h3-4,9-10,12,16H,5-8H2,1-2H3. The summed E-state index contributed by atoms with van der Waals surface area (Å²) in [4.78, 5) is 15.6. The molecule has 1 aromatic carbocycles. The molecule has 1 amide bonds. The van der Waals surface area contributed by atoms with Crippen molar-refractivity contribution in [3.8, 4) is 0 Å². The normalized spacial score (nSPS) is 17.2. The molecule has 5 heteroatoms. The number of carbonyl (C=O) groups excluding carboxylic acids is 1. The zero-order valence-electron chi connectivity index (χ0n) is 11.4. The van der Waals surface area contributed by atoms with E-state index >= 15 is 0 Å². The van der Waals surface area contributed by atoms with Gasteiger partial charge in [0, 0.05) is 18.1 Å². The average molecular weight is 282 g/mol. The highest BCUT2D eigenvalue weighted by molar-refractivity contribution is 6.31. The highest BCUT2D eigenvalue weighted by Crippen LogP contribution is 2.31. The van der Waals surface area contributed by atoms with E-state index < -0.39 is 0 Å². The van der Waals surface area contributed by atoms with Gasteiger partial charge in [-0.1, -0.05) is 11.6 Å². The lowest BCUT2D eigenvalue weighted by Gasteiger charge is -2.35. The SMILES string of the molecule is CNc1cc(Cl)ccc1N(C=O)C1CCN(C)CC1. The fourth-order valence-corrected chi connectivity index (χ4v) is 2.72. The van der Waals surface area contributed by atoms with Gasteiger partial charge in [0.1, 0.15) is 0 Å². The minimum atomic E-state index is 0.266. The van der Waals surface area contributed by atoms with Gasteiger partial charge < -0.3 is 15.1 Å². The number of amides is 1. The number of likely N-dealkylation sites (tertiary alicyclic amines) is 1. The average Bonchev–Trinajstić information content (AvgIpc) is 2.43. The molecule has 0 unspecified atom stereocenters. The first-order chi connectivity index (χ1) is 9.15. The largest absolute Gasteiger partial charge is 0.386 e. The van der Waals surface area contributed by atoms with E-state index in [1.165, 1.54) is 0 Å². The second kappa shape index (κ2) is 6.26. The van der Waals surface area contributed by atoms with Gasteiger partial charge in [-0.05, 0) is 51.2 Å². The molecule has 0 atom stereocenters. The van der Waals surface area contributed by atoms with Gasteiger partial charge in [-0.3, -0.25) is 4.79 Å². The maximum absolute atomic E-state index is 11.5. The lowest BCUT2D eigenvalue weighted by Crippen LogP contribution is -2.43. The van der Waals surface area contributed by atoms with Crippen molar-refractivity contribution < 1.29 is 4.79 Å². The van der Waals surface area contributed by atoms with Crippen molar-refractivity contribution in [3.63, 3.8) is 0 Å². The Bertz CT molecular complexity index is 444. The van der Waals surface area contributed by atoms with Crippen molar-refractivity contribution >= 4 is 29.4 Å². The molecule has 0 radical (unpaired) electrons. The lowest BCUT2D eigenvalue weighted by molar-refractivity contribution is -0.108. The maximum Gasteiger partial charge on any atom is 0.214 e. The predicted octanol–water partition coefficient (Wildman–Crippen LogP) is 2.44. The number of hydrogen-bond donors (Lipinski definition) is 1. The molecule has 0 saturated carbocycles. The Morgan fingerprint density at radius 2 is 2.11 bits per heavy atom. The molecule has 0 aliphatic carbocycles. The first-order valence-electron chi connectivity index (χ1n) is 6.55. The molecule has 2 rings (SSSR count). The molecular formula is C14H20ClN3O. The summed E-state index contributed by atoms with van der Waals surface area (Å²) in [5.74, 6) is 0. The number of anilines is 2. The van der Waals surface area contributed by atoms with E-state index in [1.807, 2.05) is 30.1 Å². The number of benzene rings is 1. The van der Waals surface area contributed by atoms with Gasteiger partial charge in [-0.15, -0.1) is 0 Å². The zero-order valence-corrected chi connectivity index (χ0v) is 12.2. The zero-order chi connectivity index (χ0) is 13.8. The van der Waals surface area contributed by atoms with Crippen LogP contribution >= 0.6 is 11.6 Å². The molecule has 19 heavy (non-hydrogen) atoms. The summed E-state index contributed by atoms with van der Waals surface area (Å²) < 4.78 is 0. The van der Waals surface area contributed by atoms with Gasteiger partial charge in [0.15, 0.2) is 0 Å². The third-order valence-electron chi connectivity index (χ3n) is 3.70. The van der Waals surface area contributed by atoms with E-state index in [4.69, 9.17) is 11.6 Å². The van der Waals surface area contributed by atoms with E-state index in [9.17, 15) is 4.79 Å². The summed E-state index contributed by atoms with van der Waals surface area (Å²) in [6.07, 6.45) is 2.93. The molecule has 0 spiro atoms. The van der Waals surface area contributed by atoms with Gasteiger partial charge in [-0.2, -0.15) is 0 Å². The molecule has 1 N–H and O–H groups in total. The summed E-state index contributed by atoms with van der Waals surface area (Å²) >= 11 is 5.99. The van der Waals surface area contributed by atoms with E-state index in [2.05, 4.69) is 17.3 Å².